The summed E-state index contributed by atoms with van der Waals surface area (Å²) in [5.74, 6) is -0.951. The van der Waals surface area contributed by atoms with Gasteiger partial charge in [-0.3, -0.25) is 4.79 Å². The van der Waals surface area contributed by atoms with Gasteiger partial charge in [0, 0.05) is 30.7 Å². The molecule has 5 nitrogen and oxygen atoms in total. The first-order valence-corrected chi connectivity index (χ1v) is 6.59. The fourth-order valence-corrected chi connectivity index (χ4v) is 2.13. The van der Waals surface area contributed by atoms with E-state index >= 15 is 0 Å². The van der Waals surface area contributed by atoms with Gasteiger partial charge in [0.05, 0.1) is 5.56 Å². The van der Waals surface area contributed by atoms with Crippen molar-refractivity contribution in [3.63, 3.8) is 0 Å². The molecule has 0 saturated carbocycles. The van der Waals surface area contributed by atoms with Crippen LogP contribution in [0.25, 0.3) is 10.9 Å². The van der Waals surface area contributed by atoms with Crippen LogP contribution in [0, 0.1) is 0 Å². The second kappa shape index (κ2) is 5.77. The third-order valence-electron chi connectivity index (χ3n) is 3.05. The van der Waals surface area contributed by atoms with E-state index < -0.39 is 5.97 Å². The first kappa shape index (κ1) is 14.1. The van der Waals surface area contributed by atoms with Crippen LogP contribution in [0.15, 0.2) is 30.5 Å². The van der Waals surface area contributed by atoms with E-state index in [4.69, 9.17) is 5.11 Å². The van der Waals surface area contributed by atoms with Gasteiger partial charge in [0.2, 0.25) is 5.91 Å². The molecule has 5 heteroatoms. The Labute approximate surface area is 117 Å². The van der Waals surface area contributed by atoms with Crippen molar-refractivity contribution >= 4 is 22.8 Å². The fraction of sp³-hybridized carbons (Fsp3) is 0.333. The maximum atomic E-state index is 11.6. The molecule has 20 heavy (non-hydrogen) atoms. The molecular formula is C15H18N2O3. The summed E-state index contributed by atoms with van der Waals surface area (Å²) in [6.45, 7) is 4.37. The molecule has 0 aliphatic rings. The third kappa shape index (κ3) is 3.17. The van der Waals surface area contributed by atoms with Crippen molar-refractivity contribution in [2.24, 2.45) is 0 Å². The van der Waals surface area contributed by atoms with Crippen molar-refractivity contribution in [3.05, 3.63) is 36.0 Å². The predicted octanol–water partition coefficient (Wildman–Crippen LogP) is 2.25. The molecule has 1 amide bonds. The molecule has 2 N–H and O–H groups in total. The molecule has 2 rings (SSSR count). The molecule has 0 bridgehead atoms. The number of carboxylic acids is 1. The van der Waals surface area contributed by atoms with E-state index in [-0.39, 0.29) is 17.5 Å². The van der Waals surface area contributed by atoms with Gasteiger partial charge in [0.25, 0.3) is 0 Å². The zero-order chi connectivity index (χ0) is 14.7. The Kier molecular flexibility index (Phi) is 4.08. The maximum absolute atomic E-state index is 11.6. The molecule has 2 aromatic rings. The van der Waals surface area contributed by atoms with Crippen LogP contribution >= 0.6 is 0 Å². The Morgan fingerprint density at radius 1 is 1.30 bits per heavy atom. The minimum atomic E-state index is -0.947. The lowest BCUT2D eigenvalue weighted by molar-refractivity contribution is -0.121. The number of rotatable bonds is 5. The number of fused-ring (bicyclic) bond motifs is 1. The van der Waals surface area contributed by atoms with E-state index in [9.17, 15) is 9.59 Å². The molecule has 0 spiro atoms. The molecule has 0 aliphatic carbocycles. The van der Waals surface area contributed by atoms with Gasteiger partial charge in [0.15, 0.2) is 0 Å². The average molecular weight is 274 g/mol. The number of nitrogens with zero attached hydrogens (tertiary/aromatic N) is 1. The number of carboxylic acid groups (broad SMARTS) is 1. The molecule has 106 valence electrons. The lowest BCUT2D eigenvalue weighted by atomic mass is 10.1. The van der Waals surface area contributed by atoms with E-state index in [0.717, 1.165) is 10.9 Å². The summed E-state index contributed by atoms with van der Waals surface area (Å²) in [5.41, 5.74) is 1.09. The number of aromatic nitrogens is 1. The summed E-state index contributed by atoms with van der Waals surface area (Å²) in [7, 11) is 0. The molecule has 1 aromatic heterocycles. The highest BCUT2D eigenvalue weighted by molar-refractivity contribution is 5.93. The Morgan fingerprint density at radius 2 is 2.05 bits per heavy atom. The number of aryl methyl sites for hydroxylation is 1. The Morgan fingerprint density at radius 3 is 2.70 bits per heavy atom. The summed E-state index contributed by atoms with van der Waals surface area (Å²) >= 11 is 0. The summed E-state index contributed by atoms with van der Waals surface area (Å²) in [5, 5.41) is 12.8. The van der Waals surface area contributed by atoms with E-state index in [2.05, 4.69) is 5.32 Å². The van der Waals surface area contributed by atoms with Crippen LogP contribution in [-0.4, -0.2) is 27.6 Å². The topological polar surface area (TPSA) is 71.3 Å². The zero-order valence-electron chi connectivity index (χ0n) is 11.6. The Bertz CT molecular complexity index is 644. The van der Waals surface area contributed by atoms with Crippen molar-refractivity contribution in [1.82, 2.24) is 9.88 Å². The first-order valence-electron chi connectivity index (χ1n) is 6.59. The van der Waals surface area contributed by atoms with E-state index in [0.29, 0.717) is 13.0 Å². The number of carbonyl (C=O) groups excluding carboxylic acids is 1. The summed E-state index contributed by atoms with van der Waals surface area (Å²) < 4.78 is 1.90. The van der Waals surface area contributed by atoms with Crippen molar-refractivity contribution in [2.75, 3.05) is 0 Å². The number of hydrogen-bond acceptors (Lipinski definition) is 2. The lowest BCUT2D eigenvalue weighted by Crippen LogP contribution is -2.30. The quantitative estimate of drug-likeness (QED) is 0.878. The van der Waals surface area contributed by atoms with Gasteiger partial charge >= 0.3 is 5.97 Å². The fourth-order valence-electron chi connectivity index (χ4n) is 2.13. The van der Waals surface area contributed by atoms with Gasteiger partial charge in [-0.05, 0) is 37.4 Å². The van der Waals surface area contributed by atoms with Crippen LogP contribution in [-0.2, 0) is 11.3 Å². The minimum absolute atomic E-state index is 0.00348. The molecule has 0 unspecified atom stereocenters. The molecule has 0 radical (unpaired) electrons. The van der Waals surface area contributed by atoms with Gasteiger partial charge < -0.3 is 15.0 Å². The molecule has 0 atom stereocenters. The molecule has 1 heterocycles. The minimum Gasteiger partial charge on any atom is -0.478 e. The first-order chi connectivity index (χ1) is 9.47. The van der Waals surface area contributed by atoms with Crippen LogP contribution in [0.5, 0.6) is 0 Å². The monoisotopic (exact) mass is 274 g/mol. The van der Waals surface area contributed by atoms with Gasteiger partial charge in [-0.15, -0.1) is 0 Å². The molecular weight excluding hydrogens is 256 g/mol. The molecule has 1 aromatic carbocycles. The van der Waals surface area contributed by atoms with Gasteiger partial charge in [0.1, 0.15) is 0 Å². The van der Waals surface area contributed by atoms with Crippen molar-refractivity contribution in [1.29, 1.82) is 0 Å². The normalized spacial score (nSPS) is 10.9. The SMILES string of the molecule is CC(C)NC(=O)CCn1ccc2ccc(C(=O)O)cc21. The number of benzene rings is 1. The van der Waals surface area contributed by atoms with E-state index in [1.165, 1.54) is 0 Å². The average Bonchev–Trinajstić information content (AvgIpc) is 2.77. The van der Waals surface area contributed by atoms with Crippen LogP contribution in [0.3, 0.4) is 0 Å². The number of carbonyl (C=O) groups is 2. The Balaban J connectivity index is 2.16. The summed E-state index contributed by atoms with van der Waals surface area (Å²) in [6, 6.07) is 7.05. The Hall–Kier alpha value is -2.30. The smallest absolute Gasteiger partial charge is 0.335 e. The van der Waals surface area contributed by atoms with Crippen LogP contribution in [0.1, 0.15) is 30.6 Å². The standard InChI is InChI=1S/C15H18N2O3/c1-10(2)16-14(18)6-8-17-7-5-11-3-4-12(15(19)20)9-13(11)17/h3-5,7,9-10H,6,8H2,1-2H3,(H,16,18)(H,19,20). The second-order valence-corrected chi connectivity index (χ2v) is 5.06. The largest absolute Gasteiger partial charge is 0.478 e. The van der Waals surface area contributed by atoms with E-state index in [1.54, 1.807) is 18.2 Å². The van der Waals surface area contributed by atoms with E-state index in [1.807, 2.05) is 30.7 Å². The molecule has 0 aliphatic heterocycles. The van der Waals surface area contributed by atoms with Crippen LogP contribution in [0.2, 0.25) is 0 Å². The summed E-state index contributed by atoms with van der Waals surface area (Å²) in [4.78, 5) is 22.6. The number of hydrogen-bond donors (Lipinski definition) is 2. The van der Waals surface area contributed by atoms with Gasteiger partial charge in [-0.25, -0.2) is 4.79 Å². The zero-order valence-corrected chi connectivity index (χ0v) is 11.6. The molecule has 0 saturated heterocycles. The predicted molar refractivity (Wildman–Crippen MR) is 76.8 cm³/mol. The van der Waals surface area contributed by atoms with Crippen LogP contribution < -0.4 is 5.32 Å². The van der Waals surface area contributed by atoms with Gasteiger partial charge in [-0.2, -0.15) is 0 Å². The highest BCUT2D eigenvalue weighted by atomic mass is 16.4. The highest BCUT2D eigenvalue weighted by Gasteiger charge is 2.08. The summed E-state index contributed by atoms with van der Waals surface area (Å²) in [6.07, 6.45) is 2.25. The van der Waals surface area contributed by atoms with Crippen molar-refractivity contribution in [3.8, 4) is 0 Å². The van der Waals surface area contributed by atoms with Crippen molar-refractivity contribution in [2.45, 2.75) is 32.9 Å². The van der Waals surface area contributed by atoms with Crippen molar-refractivity contribution < 1.29 is 14.7 Å². The second-order valence-electron chi connectivity index (χ2n) is 5.06. The number of aromatic carboxylic acids is 1. The van der Waals surface area contributed by atoms with Crippen LogP contribution in [0.4, 0.5) is 0 Å². The lowest BCUT2D eigenvalue weighted by Gasteiger charge is -2.09. The number of nitrogens with one attached hydrogen (secondary N) is 1. The maximum Gasteiger partial charge on any atom is 0.335 e. The number of amides is 1. The molecule has 0 fully saturated rings. The van der Waals surface area contributed by atoms with Gasteiger partial charge in [-0.1, -0.05) is 6.07 Å². The third-order valence-corrected chi connectivity index (χ3v) is 3.05. The highest BCUT2D eigenvalue weighted by Crippen LogP contribution is 2.18.